The third-order valence-electron chi connectivity index (χ3n) is 0.546. The molecule has 1 amide bonds. The quantitative estimate of drug-likeness (QED) is 0.364. The van der Waals surface area contributed by atoms with Crippen LogP contribution in [-0.4, -0.2) is 5.91 Å². The molecule has 2 nitrogen and oxygen atoms in total. The summed E-state index contributed by atoms with van der Waals surface area (Å²) >= 11 is 7.78. The van der Waals surface area contributed by atoms with Crippen LogP contribution in [0.1, 0.15) is 13.3 Å². The van der Waals surface area contributed by atoms with Crippen molar-refractivity contribution in [2.75, 3.05) is 0 Å². The van der Waals surface area contributed by atoms with Crippen LogP contribution in [-0.2, 0) is 4.79 Å². The Morgan fingerprint density at radius 3 is 2.38 bits per heavy atom. The standard InChI is InChI=1S/C3H9NOS3/c1-2-3(5)4-8(6)7/h6-8H,2H2,1H3,(H,4,5). The number of thiol groups is 3. The van der Waals surface area contributed by atoms with Crippen LogP contribution in [0.25, 0.3) is 0 Å². The molecule has 0 spiro atoms. The summed E-state index contributed by atoms with van der Waals surface area (Å²) in [6.07, 6.45) is 0.500. The highest BCUT2D eigenvalue weighted by atomic mass is 33.5. The molecule has 0 aliphatic heterocycles. The molecule has 0 rings (SSSR count). The van der Waals surface area contributed by atoms with Gasteiger partial charge in [0.15, 0.2) is 0 Å². The lowest BCUT2D eigenvalue weighted by molar-refractivity contribution is -0.118. The second-order valence-corrected chi connectivity index (χ2v) is 5.33. The van der Waals surface area contributed by atoms with Gasteiger partial charge in [0.1, 0.15) is 0 Å². The van der Waals surface area contributed by atoms with Gasteiger partial charge in [0.25, 0.3) is 0 Å². The van der Waals surface area contributed by atoms with Crippen molar-refractivity contribution in [2.45, 2.75) is 13.3 Å². The second kappa shape index (κ2) is 4.40. The molecule has 1 N–H and O–H groups in total. The molecule has 0 bridgehead atoms. The average molecular weight is 171 g/mol. The Morgan fingerprint density at radius 1 is 1.75 bits per heavy atom. The van der Waals surface area contributed by atoms with Crippen molar-refractivity contribution in [2.24, 2.45) is 0 Å². The van der Waals surface area contributed by atoms with Crippen LogP contribution in [0.15, 0.2) is 0 Å². The average Bonchev–Trinajstić information content (AvgIpc) is 1.65. The van der Waals surface area contributed by atoms with Gasteiger partial charge >= 0.3 is 0 Å². The minimum absolute atomic E-state index is 0.00103. The van der Waals surface area contributed by atoms with Gasteiger partial charge in [-0.1, -0.05) is 16.1 Å². The Labute approximate surface area is 61.5 Å². The smallest absolute Gasteiger partial charge is 0.229 e. The first kappa shape index (κ1) is 8.52. The maximum atomic E-state index is 10.4. The molecule has 0 fully saturated rings. The zero-order valence-corrected chi connectivity index (χ0v) is 7.14. The van der Waals surface area contributed by atoms with Gasteiger partial charge in [-0.25, -0.2) is 0 Å². The molecule has 0 radical (unpaired) electrons. The zero-order chi connectivity index (χ0) is 6.57. The number of nitrogens with one attached hydrogen (secondary N) is 1. The van der Waals surface area contributed by atoms with Crippen molar-refractivity contribution in [3.8, 4) is 0 Å². The first-order valence-corrected chi connectivity index (χ1v) is 5.79. The number of amides is 1. The molecule has 0 aromatic carbocycles. The summed E-state index contributed by atoms with van der Waals surface area (Å²) in [6, 6.07) is 0. The largest absolute Gasteiger partial charge is 0.304 e. The molecule has 0 aliphatic rings. The molecule has 8 heavy (non-hydrogen) atoms. The number of hydrogen-bond donors (Lipinski definition) is 4. The molecule has 5 heteroatoms. The number of carbonyl (C=O) groups is 1. The topological polar surface area (TPSA) is 29.1 Å². The van der Waals surface area contributed by atoms with Crippen LogP contribution in [0.3, 0.4) is 0 Å². The Bertz CT molecular complexity index is 84.6. The van der Waals surface area contributed by atoms with Crippen LogP contribution in [0.4, 0.5) is 0 Å². The first-order chi connectivity index (χ1) is 3.66. The Balaban J connectivity index is 3.25. The van der Waals surface area contributed by atoms with Crippen LogP contribution in [0.2, 0.25) is 0 Å². The summed E-state index contributed by atoms with van der Waals surface area (Å²) in [5.74, 6) is 0.00103. The van der Waals surface area contributed by atoms with Crippen molar-refractivity contribution in [1.29, 1.82) is 0 Å². The van der Waals surface area contributed by atoms with Gasteiger partial charge in [0.05, 0.1) is 0 Å². The molecule has 0 aromatic heterocycles. The van der Waals surface area contributed by atoms with E-state index in [-0.39, 0.29) is 5.91 Å². The number of rotatable bonds is 2. The van der Waals surface area contributed by atoms with Gasteiger partial charge in [-0.05, 0) is 0 Å². The van der Waals surface area contributed by atoms with Crippen molar-refractivity contribution >= 4 is 38.4 Å². The Morgan fingerprint density at radius 2 is 2.25 bits per heavy atom. The fourth-order valence-corrected chi connectivity index (χ4v) is 1.24. The third kappa shape index (κ3) is 4.67. The van der Waals surface area contributed by atoms with Gasteiger partial charge in [-0.15, -0.1) is 23.3 Å². The zero-order valence-electron chi connectivity index (χ0n) is 4.46. The lowest BCUT2D eigenvalue weighted by Gasteiger charge is -2.06. The summed E-state index contributed by atoms with van der Waals surface area (Å²) in [5, 5.41) is 0. The molecule has 0 aliphatic carbocycles. The van der Waals surface area contributed by atoms with Gasteiger partial charge < -0.3 is 4.72 Å². The monoisotopic (exact) mass is 171 g/mol. The highest BCUT2D eigenvalue weighted by Gasteiger charge is 1.94. The van der Waals surface area contributed by atoms with Crippen LogP contribution < -0.4 is 4.72 Å². The van der Waals surface area contributed by atoms with E-state index in [9.17, 15) is 4.79 Å². The molecule has 0 unspecified atom stereocenters. The minimum atomic E-state index is -0.856. The van der Waals surface area contributed by atoms with Crippen LogP contribution >= 0.6 is 32.5 Å². The highest BCUT2D eigenvalue weighted by molar-refractivity contribution is 9.08. The normalized spacial score (nSPS) is 10.6. The Hall–Kier alpha value is 0.520. The van der Waals surface area contributed by atoms with Gasteiger partial charge in [-0.2, -0.15) is 0 Å². The maximum Gasteiger partial charge on any atom is 0.229 e. The summed E-state index contributed by atoms with van der Waals surface area (Å²) in [7, 11) is -0.856. The van der Waals surface area contributed by atoms with E-state index < -0.39 is 9.15 Å². The first-order valence-electron chi connectivity index (χ1n) is 2.14. The van der Waals surface area contributed by atoms with E-state index in [1.54, 1.807) is 6.92 Å². The van der Waals surface area contributed by atoms with Crippen LogP contribution in [0, 0.1) is 0 Å². The van der Waals surface area contributed by atoms with E-state index in [1.807, 2.05) is 0 Å². The number of hydrogen-bond acceptors (Lipinski definition) is 3. The predicted octanol–water partition coefficient (Wildman–Crippen LogP) is 1.12. The Kier molecular flexibility index (Phi) is 4.69. The lowest BCUT2D eigenvalue weighted by Crippen LogP contribution is -2.13. The van der Waals surface area contributed by atoms with Gasteiger partial charge in [0.2, 0.25) is 5.91 Å². The molecule has 0 atom stereocenters. The second-order valence-electron chi connectivity index (χ2n) is 1.18. The van der Waals surface area contributed by atoms with Crippen LogP contribution in [0.5, 0.6) is 0 Å². The molecule has 0 saturated heterocycles. The third-order valence-corrected chi connectivity index (χ3v) is 1.60. The molecule has 0 saturated carbocycles. The fraction of sp³-hybridized carbons (Fsp3) is 0.667. The van der Waals surface area contributed by atoms with E-state index >= 15 is 0 Å². The van der Waals surface area contributed by atoms with Gasteiger partial charge in [0, 0.05) is 6.42 Å². The molecular weight excluding hydrogens is 162 g/mol. The molecular formula is C3H9NOS3. The number of carbonyl (C=O) groups excluding carboxylic acids is 1. The summed E-state index contributed by atoms with van der Waals surface area (Å²) in [6.45, 7) is 1.79. The van der Waals surface area contributed by atoms with E-state index in [4.69, 9.17) is 0 Å². The van der Waals surface area contributed by atoms with Crippen molar-refractivity contribution in [3.05, 3.63) is 0 Å². The summed E-state index contributed by atoms with van der Waals surface area (Å²) in [5.41, 5.74) is 0. The van der Waals surface area contributed by atoms with Crippen molar-refractivity contribution in [1.82, 2.24) is 4.72 Å². The fourth-order valence-electron chi connectivity index (χ4n) is 0.191. The molecule has 0 aromatic rings. The molecule has 0 heterocycles. The van der Waals surface area contributed by atoms with Crippen molar-refractivity contribution < 1.29 is 4.79 Å². The van der Waals surface area contributed by atoms with E-state index in [1.165, 1.54) is 0 Å². The van der Waals surface area contributed by atoms with Crippen molar-refractivity contribution in [3.63, 3.8) is 0 Å². The lowest BCUT2D eigenvalue weighted by atomic mass is 10.5. The highest BCUT2D eigenvalue weighted by Crippen LogP contribution is 2.29. The summed E-state index contributed by atoms with van der Waals surface area (Å²) < 4.78 is 2.55. The van der Waals surface area contributed by atoms with Gasteiger partial charge in [-0.3, -0.25) is 4.79 Å². The maximum absolute atomic E-state index is 10.4. The molecule has 50 valence electrons. The van der Waals surface area contributed by atoms with E-state index in [0.717, 1.165) is 0 Å². The van der Waals surface area contributed by atoms with E-state index in [0.29, 0.717) is 6.42 Å². The minimum Gasteiger partial charge on any atom is -0.304 e. The predicted molar refractivity (Wildman–Crippen MR) is 45.4 cm³/mol. The SMILES string of the molecule is CCC(=O)N[SH](S)S. The summed E-state index contributed by atoms with van der Waals surface area (Å²) in [4.78, 5) is 10.4. The van der Waals surface area contributed by atoms with E-state index in [2.05, 4.69) is 28.0 Å².